The molecule has 1 aromatic heterocycles. The lowest BCUT2D eigenvalue weighted by molar-refractivity contribution is -0.268. The van der Waals surface area contributed by atoms with Crippen molar-refractivity contribution in [2.24, 2.45) is 0 Å². The summed E-state index contributed by atoms with van der Waals surface area (Å²) in [5.74, 6) is -2.88. The van der Waals surface area contributed by atoms with E-state index >= 15 is 0 Å². The van der Waals surface area contributed by atoms with Crippen molar-refractivity contribution < 1.29 is 69.3 Å². The van der Waals surface area contributed by atoms with Crippen LogP contribution in [-0.2, 0) is 9.47 Å². The summed E-state index contributed by atoms with van der Waals surface area (Å²) in [5, 5.41) is 90.5. The predicted molar refractivity (Wildman–Crippen MR) is 134 cm³/mol. The van der Waals surface area contributed by atoms with Crippen LogP contribution in [0.3, 0.4) is 0 Å². The van der Waals surface area contributed by atoms with Gasteiger partial charge >= 0.3 is 0 Å². The number of benzene rings is 2. The van der Waals surface area contributed by atoms with Crippen molar-refractivity contribution >= 4 is 11.0 Å². The van der Waals surface area contributed by atoms with Gasteiger partial charge in [-0.1, -0.05) is 0 Å². The van der Waals surface area contributed by atoms with E-state index in [4.69, 9.17) is 23.4 Å². The lowest BCUT2D eigenvalue weighted by Gasteiger charge is -2.38. The fraction of sp³-hybridized carbons (Fsp3) is 0.423. The molecule has 0 bridgehead atoms. The van der Waals surface area contributed by atoms with Gasteiger partial charge in [0.1, 0.15) is 59.1 Å². The highest BCUT2D eigenvalue weighted by atomic mass is 16.7. The first-order valence-electron chi connectivity index (χ1n) is 12.4. The summed E-state index contributed by atoms with van der Waals surface area (Å²) < 4.78 is 27.7. The van der Waals surface area contributed by atoms with Crippen LogP contribution in [0.25, 0.3) is 22.3 Å². The molecule has 3 heterocycles. The highest BCUT2D eigenvalue weighted by molar-refractivity contribution is 5.88. The second-order valence-electron chi connectivity index (χ2n) is 9.78. The van der Waals surface area contributed by atoms with Crippen LogP contribution < -0.4 is 14.9 Å². The Balaban J connectivity index is 1.60. The van der Waals surface area contributed by atoms with Gasteiger partial charge in [0, 0.05) is 17.7 Å². The second-order valence-corrected chi connectivity index (χ2v) is 9.78. The fourth-order valence-electron chi connectivity index (χ4n) is 4.53. The average Bonchev–Trinajstić information content (AvgIpc) is 2.93. The Labute approximate surface area is 230 Å². The van der Waals surface area contributed by atoms with Crippen molar-refractivity contribution in [2.75, 3.05) is 6.61 Å². The van der Waals surface area contributed by atoms with E-state index < -0.39 is 95.7 Å². The van der Waals surface area contributed by atoms with E-state index in [0.29, 0.717) is 0 Å². The number of ether oxygens (including phenoxy) is 4. The SMILES string of the molecule is C[C@@H]1O[C@@H](Oc2cc(O)c3c(=O)c(O[C@@H]4OC[C@H](O)[C@H](O)[C@H]4O)c(-c4ccc(O)c(O)c4)oc3c2)[C@H](O)[C@H](O)[C@H]1O. The highest BCUT2D eigenvalue weighted by Gasteiger charge is 2.43. The molecule has 41 heavy (non-hydrogen) atoms. The largest absolute Gasteiger partial charge is 0.507 e. The van der Waals surface area contributed by atoms with E-state index in [-0.39, 0.29) is 22.7 Å². The summed E-state index contributed by atoms with van der Waals surface area (Å²) in [6.45, 7) is 1.00. The van der Waals surface area contributed by atoms with Crippen LogP contribution in [-0.4, -0.2) is 108 Å². The third kappa shape index (κ3) is 5.25. The maximum absolute atomic E-state index is 13.6. The monoisotopic (exact) mass is 580 g/mol. The number of rotatable bonds is 5. The molecule has 0 saturated carbocycles. The van der Waals surface area contributed by atoms with Crippen LogP contribution in [0.5, 0.6) is 28.7 Å². The van der Waals surface area contributed by atoms with Gasteiger partial charge in [-0.15, -0.1) is 0 Å². The summed E-state index contributed by atoms with van der Waals surface area (Å²) in [6.07, 6.45) is -13.6. The Kier molecular flexibility index (Phi) is 7.71. The Bertz CT molecular complexity index is 1490. The standard InChI is InChI=1S/C26H28O15/c1-8-17(31)20(34)22(36)26(38-8)39-10-5-13(29)16-15(6-10)40-23(9-2-3-11(27)12(28)4-9)24(19(16)33)41-25-21(35)18(32)14(30)7-37-25/h2-6,8,14,17-18,20-22,25-32,34-36H,7H2,1H3/t8-,14-,17-,18-,20+,21+,22+,25-,26-/m0/s1. The van der Waals surface area contributed by atoms with Crippen LogP contribution in [0.1, 0.15) is 6.92 Å². The van der Waals surface area contributed by atoms with Crippen molar-refractivity contribution in [3.8, 4) is 40.1 Å². The van der Waals surface area contributed by atoms with E-state index in [2.05, 4.69) is 0 Å². The first-order valence-corrected chi connectivity index (χ1v) is 12.4. The molecule has 2 saturated heterocycles. The molecule has 15 heteroatoms. The first kappa shape index (κ1) is 28.8. The number of fused-ring (bicyclic) bond motifs is 1. The van der Waals surface area contributed by atoms with E-state index in [1.54, 1.807) is 0 Å². The van der Waals surface area contributed by atoms with E-state index in [1.807, 2.05) is 0 Å². The Hall–Kier alpha value is -3.67. The van der Waals surface area contributed by atoms with Crippen LogP contribution in [0.4, 0.5) is 0 Å². The number of hydrogen-bond acceptors (Lipinski definition) is 15. The first-order chi connectivity index (χ1) is 19.4. The van der Waals surface area contributed by atoms with Gasteiger partial charge in [-0.2, -0.15) is 0 Å². The summed E-state index contributed by atoms with van der Waals surface area (Å²) in [5.41, 5.74) is -1.25. The van der Waals surface area contributed by atoms with E-state index in [0.717, 1.165) is 24.3 Å². The molecular weight excluding hydrogens is 552 g/mol. The fourth-order valence-corrected chi connectivity index (χ4v) is 4.53. The summed E-state index contributed by atoms with van der Waals surface area (Å²) >= 11 is 0. The Morgan fingerprint density at radius 1 is 0.780 bits per heavy atom. The summed E-state index contributed by atoms with van der Waals surface area (Å²) in [4.78, 5) is 13.6. The molecule has 9 N–H and O–H groups in total. The molecule has 0 radical (unpaired) electrons. The van der Waals surface area contributed by atoms with E-state index in [1.165, 1.54) is 13.0 Å². The quantitative estimate of drug-likeness (QED) is 0.157. The van der Waals surface area contributed by atoms with Crippen molar-refractivity contribution in [2.45, 2.75) is 62.2 Å². The van der Waals surface area contributed by atoms with Crippen molar-refractivity contribution in [3.63, 3.8) is 0 Å². The topological polar surface area (TPSA) is 249 Å². The zero-order chi connectivity index (χ0) is 29.7. The maximum atomic E-state index is 13.6. The van der Waals surface area contributed by atoms with Gasteiger partial charge in [-0.3, -0.25) is 4.79 Å². The van der Waals surface area contributed by atoms with Crippen molar-refractivity contribution in [3.05, 3.63) is 40.6 Å². The molecule has 15 nitrogen and oxygen atoms in total. The van der Waals surface area contributed by atoms with Crippen molar-refractivity contribution in [1.82, 2.24) is 0 Å². The number of aliphatic hydroxyl groups excluding tert-OH is 6. The zero-order valence-electron chi connectivity index (χ0n) is 21.3. The molecule has 0 spiro atoms. The molecule has 3 aromatic rings. The predicted octanol–water partition coefficient (Wildman–Crippen LogP) is -1.40. The molecule has 0 unspecified atom stereocenters. The molecule has 2 aliphatic rings. The number of hydrogen-bond donors (Lipinski definition) is 9. The number of aromatic hydroxyl groups is 3. The van der Waals surface area contributed by atoms with Crippen molar-refractivity contribution in [1.29, 1.82) is 0 Å². The Morgan fingerprint density at radius 2 is 1.49 bits per heavy atom. The Morgan fingerprint density at radius 3 is 2.20 bits per heavy atom. The molecule has 0 amide bonds. The molecule has 9 atom stereocenters. The number of phenolic OH excluding ortho intramolecular Hbond substituents is 3. The molecule has 2 aromatic carbocycles. The van der Waals surface area contributed by atoms with Gasteiger partial charge in [0.15, 0.2) is 17.3 Å². The number of aliphatic hydroxyl groups is 6. The van der Waals surface area contributed by atoms with Gasteiger partial charge < -0.3 is 69.3 Å². The van der Waals surface area contributed by atoms with Gasteiger partial charge in [0.25, 0.3) is 0 Å². The molecule has 2 aliphatic heterocycles. The normalized spacial score (nSPS) is 32.1. The van der Waals surface area contributed by atoms with Gasteiger partial charge in [0.2, 0.25) is 23.8 Å². The summed E-state index contributed by atoms with van der Waals surface area (Å²) in [7, 11) is 0. The molecule has 5 rings (SSSR count). The molecule has 0 aliphatic carbocycles. The van der Waals surface area contributed by atoms with Gasteiger partial charge in [-0.05, 0) is 25.1 Å². The lowest BCUT2D eigenvalue weighted by atomic mass is 10.00. The number of phenols is 3. The third-order valence-corrected chi connectivity index (χ3v) is 6.89. The minimum Gasteiger partial charge on any atom is -0.507 e. The minimum absolute atomic E-state index is 0.00274. The van der Waals surface area contributed by atoms with Crippen LogP contribution in [0, 0.1) is 0 Å². The van der Waals surface area contributed by atoms with Crippen LogP contribution >= 0.6 is 0 Å². The molecular formula is C26H28O15. The zero-order valence-corrected chi connectivity index (χ0v) is 21.3. The van der Waals surface area contributed by atoms with Crippen LogP contribution in [0.15, 0.2) is 39.5 Å². The lowest BCUT2D eigenvalue weighted by Crippen LogP contribution is -2.58. The maximum Gasteiger partial charge on any atom is 0.239 e. The van der Waals surface area contributed by atoms with Crippen LogP contribution in [0.2, 0.25) is 0 Å². The van der Waals surface area contributed by atoms with Gasteiger partial charge in [-0.25, -0.2) is 0 Å². The molecule has 2 fully saturated rings. The average molecular weight is 580 g/mol. The van der Waals surface area contributed by atoms with E-state index in [9.17, 15) is 50.8 Å². The smallest absolute Gasteiger partial charge is 0.239 e. The molecule has 222 valence electrons. The second kappa shape index (κ2) is 11.0. The third-order valence-electron chi connectivity index (χ3n) is 6.89. The minimum atomic E-state index is -1.79. The highest BCUT2D eigenvalue weighted by Crippen LogP contribution is 2.39. The summed E-state index contributed by atoms with van der Waals surface area (Å²) in [6, 6.07) is 5.57. The van der Waals surface area contributed by atoms with Gasteiger partial charge in [0.05, 0.1) is 12.7 Å².